The molecular formula is C15H14Br2FNO. The molecule has 0 aromatic heterocycles. The Kier molecular flexibility index (Phi) is 5.18. The molecule has 2 rings (SSSR count). The molecule has 0 bridgehead atoms. The van der Waals surface area contributed by atoms with Crippen molar-refractivity contribution in [3.05, 3.63) is 62.3 Å². The Labute approximate surface area is 134 Å². The number of hydrogen-bond donors (Lipinski definition) is 1. The van der Waals surface area contributed by atoms with Gasteiger partial charge in [-0.25, -0.2) is 4.39 Å². The van der Waals surface area contributed by atoms with Crippen LogP contribution in [0.1, 0.15) is 17.2 Å². The minimum absolute atomic E-state index is 0.263. The number of ether oxygens (including phenoxy) is 1. The van der Waals surface area contributed by atoms with Gasteiger partial charge in [-0.1, -0.05) is 37.9 Å². The number of hydrogen-bond acceptors (Lipinski definition) is 2. The van der Waals surface area contributed by atoms with Crippen molar-refractivity contribution in [1.82, 2.24) is 5.32 Å². The molecule has 0 aliphatic carbocycles. The molecule has 2 aromatic rings. The highest BCUT2D eigenvalue weighted by Crippen LogP contribution is 2.36. The van der Waals surface area contributed by atoms with Crippen molar-refractivity contribution in [3.8, 4) is 5.75 Å². The van der Waals surface area contributed by atoms with Crippen LogP contribution in [0, 0.1) is 5.82 Å². The lowest BCUT2D eigenvalue weighted by atomic mass is 9.97. The Hall–Kier alpha value is -0.910. The van der Waals surface area contributed by atoms with Gasteiger partial charge in [0.1, 0.15) is 11.6 Å². The second kappa shape index (κ2) is 6.70. The van der Waals surface area contributed by atoms with Crippen LogP contribution >= 0.6 is 31.9 Å². The Morgan fingerprint density at radius 1 is 1.20 bits per heavy atom. The molecular weight excluding hydrogens is 389 g/mol. The van der Waals surface area contributed by atoms with Crippen molar-refractivity contribution in [1.29, 1.82) is 0 Å². The van der Waals surface area contributed by atoms with Gasteiger partial charge in [0, 0.05) is 20.1 Å². The molecule has 0 radical (unpaired) electrons. The molecule has 1 unspecified atom stereocenters. The van der Waals surface area contributed by atoms with Crippen LogP contribution in [0.3, 0.4) is 0 Å². The summed E-state index contributed by atoms with van der Waals surface area (Å²) >= 11 is 6.86. The first-order valence-electron chi connectivity index (χ1n) is 6.03. The average molecular weight is 403 g/mol. The highest BCUT2D eigenvalue weighted by Gasteiger charge is 2.22. The van der Waals surface area contributed by atoms with Crippen molar-refractivity contribution in [2.75, 3.05) is 14.2 Å². The van der Waals surface area contributed by atoms with Crippen LogP contribution in [-0.2, 0) is 0 Å². The van der Waals surface area contributed by atoms with E-state index in [1.54, 1.807) is 20.2 Å². The topological polar surface area (TPSA) is 21.3 Å². The van der Waals surface area contributed by atoms with E-state index in [1.807, 2.05) is 24.3 Å². The summed E-state index contributed by atoms with van der Waals surface area (Å²) in [7, 11) is 3.40. The van der Waals surface area contributed by atoms with E-state index in [1.165, 1.54) is 6.07 Å². The third-order valence-electron chi connectivity index (χ3n) is 3.08. The lowest BCUT2D eigenvalue weighted by molar-refractivity contribution is 0.404. The fraction of sp³-hybridized carbons (Fsp3) is 0.200. The molecule has 0 heterocycles. The van der Waals surface area contributed by atoms with Crippen LogP contribution in [0.15, 0.2) is 45.3 Å². The van der Waals surface area contributed by atoms with Gasteiger partial charge in [0.2, 0.25) is 0 Å². The molecule has 106 valence electrons. The zero-order valence-electron chi connectivity index (χ0n) is 11.1. The third-order valence-corrected chi connectivity index (χ3v) is 4.26. The molecule has 0 spiro atoms. The molecule has 0 aliphatic rings. The summed E-state index contributed by atoms with van der Waals surface area (Å²) < 4.78 is 21.2. The first kappa shape index (κ1) is 15.5. The average Bonchev–Trinajstić information content (AvgIpc) is 2.43. The van der Waals surface area contributed by atoms with Gasteiger partial charge < -0.3 is 10.1 Å². The van der Waals surface area contributed by atoms with E-state index < -0.39 is 0 Å². The second-order valence-corrected chi connectivity index (χ2v) is 6.01. The number of methoxy groups -OCH3 is 1. The van der Waals surface area contributed by atoms with Crippen LogP contribution in [0.4, 0.5) is 4.39 Å². The van der Waals surface area contributed by atoms with Crippen LogP contribution in [-0.4, -0.2) is 14.2 Å². The Morgan fingerprint density at radius 2 is 1.95 bits per heavy atom. The van der Waals surface area contributed by atoms with Crippen molar-refractivity contribution >= 4 is 31.9 Å². The van der Waals surface area contributed by atoms with E-state index in [9.17, 15) is 4.39 Å². The molecule has 0 saturated carbocycles. The van der Waals surface area contributed by atoms with Crippen molar-refractivity contribution in [3.63, 3.8) is 0 Å². The zero-order chi connectivity index (χ0) is 14.7. The molecule has 1 atom stereocenters. The van der Waals surface area contributed by atoms with Gasteiger partial charge in [0.15, 0.2) is 0 Å². The summed E-state index contributed by atoms with van der Waals surface area (Å²) in [4.78, 5) is 0. The van der Waals surface area contributed by atoms with Crippen LogP contribution < -0.4 is 10.1 Å². The van der Waals surface area contributed by atoms with Gasteiger partial charge in [-0.2, -0.15) is 0 Å². The monoisotopic (exact) mass is 401 g/mol. The van der Waals surface area contributed by atoms with E-state index in [4.69, 9.17) is 4.74 Å². The van der Waals surface area contributed by atoms with Gasteiger partial charge >= 0.3 is 0 Å². The fourth-order valence-corrected chi connectivity index (χ4v) is 3.12. The van der Waals surface area contributed by atoms with Gasteiger partial charge in [-0.3, -0.25) is 0 Å². The van der Waals surface area contributed by atoms with E-state index >= 15 is 0 Å². The minimum atomic E-state index is -0.307. The first-order valence-corrected chi connectivity index (χ1v) is 7.61. The number of halogens is 3. The molecule has 0 saturated heterocycles. The maximum atomic E-state index is 14.2. The van der Waals surface area contributed by atoms with Gasteiger partial charge in [0.05, 0.1) is 13.2 Å². The predicted molar refractivity (Wildman–Crippen MR) is 85.7 cm³/mol. The number of nitrogens with one attached hydrogen (secondary N) is 1. The third kappa shape index (κ3) is 3.05. The van der Waals surface area contributed by atoms with Gasteiger partial charge in [-0.15, -0.1) is 0 Å². The van der Waals surface area contributed by atoms with E-state index in [0.29, 0.717) is 11.3 Å². The SMILES string of the molecule is CNC(c1cc(Br)ccc1OC)c1c(F)cccc1Br. The van der Waals surface area contributed by atoms with Crippen LogP contribution in [0.25, 0.3) is 0 Å². The molecule has 2 aromatic carbocycles. The molecule has 1 N–H and O–H groups in total. The standard InChI is InChI=1S/C15H14Br2FNO/c1-19-15(14-11(17)4-3-5-12(14)18)10-8-9(16)6-7-13(10)20-2/h3-8,15,19H,1-2H3. The number of benzene rings is 2. The minimum Gasteiger partial charge on any atom is -0.496 e. The van der Waals surface area contributed by atoms with E-state index in [2.05, 4.69) is 37.2 Å². The van der Waals surface area contributed by atoms with Crippen molar-refractivity contribution in [2.24, 2.45) is 0 Å². The summed E-state index contributed by atoms with van der Waals surface area (Å²) in [6, 6.07) is 10.3. The summed E-state index contributed by atoms with van der Waals surface area (Å²) in [6.07, 6.45) is 0. The van der Waals surface area contributed by atoms with E-state index in [-0.39, 0.29) is 11.9 Å². The Morgan fingerprint density at radius 3 is 2.55 bits per heavy atom. The van der Waals surface area contributed by atoms with Crippen molar-refractivity contribution in [2.45, 2.75) is 6.04 Å². The predicted octanol–water partition coefficient (Wildman–Crippen LogP) is 4.67. The Balaban J connectivity index is 2.61. The quantitative estimate of drug-likeness (QED) is 0.802. The van der Waals surface area contributed by atoms with Crippen LogP contribution in [0.2, 0.25) is 0 Å². The summed E-state index contributed by atoms with van der Waals surface area (Å²) in [6.45, 7) is 0. The summed E-state index contributed by atoms with van der Waals surface area (Å²) in [5.41, 5.74) is 1.43. The summed E-state index contributed by atoms with van der Waals surface area (Å²) in [5.74, 6) is 0.448. The number of rotatable bonds is 4. The maximum Gasteiger partial charge on any atom is 0.129 e. The van der Waals surface area contributed by atoms with Gasteiger partial charge in [-0.05, 0) is 37.4 Å². The zero-order valence-corrected chi connectivity index (χ0v) is 14.3. The maximum absolute atomic E-state index is 14.2. The molecule has 5 heteroatoms. The Bertz CT molecular complexity index is 599. The molecule has 2 nitrogen and oxygen atoms in total. The highest BCUT2D eigenvalue weighted by molar-refractivity contribution is 9.10. The lowest BCUT2D eigenvalue weighted by Crippen LogP contribution is -2.20. The second-order valence-electron chi connectivity index (χ2n) is 4.24. The van der Waals surface area contributed by atoms with E-state index in [0.717, 1.165) is 14.5 Å². The molecule has 0 fully saturated rings. The largest absolute Gasteiger partial charge is 0.496 e. The molecule has 0 aliphatic heterocycles. The lowest BCUT2D eigenvalue weighted by Gasteiger charge is -2.22. The van der Waals surface area contributed by atoms with Gasteiger partial charge in [0.25, 0.3) is 0 Å². The smallest absolute Gasteiger partial charge is 0.129 e. The molecule has 20 heavy (non-hydrogen) atoms. The highest BCUT2D eigenvalue weighted by atomic mass is 79.9. The normalized spacial score (nSPS) is 12.2. The first-order chi connectivity index (χ1) is 9.58. The fourth-order valence-electron chi connectivity index (χ4n) is 2.17. The van der Waals surface area contributed by atoms with Crippen molar-refractivity contribution < 1.29 is 9.13 Å². The van der Waals surface area contributed by atoms with Crippen LogP contribution in [0.5, 0.6) is 5.75 Å². The molecule has 0 amide bonds. The summed E-state index contributed by atoms with van der Waals surface area (Å²) in [5, 5.41) is 3.15.